The minimum Gasteiger partial charge on any atom is -0.457 e. The number of anilines is 15. The van der Waals surface area contributed by atoms with Crippen LogP contribution in [0.3, 0.4) is 0 Å². The van der Waals surface area contributed by atoms with E-state index in [0.717, 1.165) is 48.5 Å². The van der Waals surface area contributed by atoms with Gasteiger partial charge in [0.15, 0.2) is 0 Å². The molecule has 0 amide bonds. The number of benzene rings is 16. The topological polar surface area (TPSA) is 48.8 Å². The number of hydrogen-bond acceptors (Lipinski definition) is 10. The number of hydrogen-bond donors (Lipinski definition) is 0. The number of ether oxygens (including phenoxy) is 3. The summed E-state index contributed by atoms with van der Waals surface area (Å²) in [5.41, 5.74) is 1.06. The predicted octanol–water partition coefficient (Wildman–Crippen LogP) is 22.9. The highest BCUT2D eigenvalue weighted by atomic mass is 32.1. The molecule has 6 aliphatic rings. The Hall–Kier alpha value is -14.9. The Morgan fingerprint density at radius 2 is 0.520 bits per heavy atom. The smallest absolute Gasteiger partial charge is 0.264 e. The molecule has 9 nitrogen and oxygen atoms in total. The van der Waals surface area contributed by atoms with Gasteiger partial charge < -0.3 is 43.3 Å². The lowest BCUT2D eigenvalue weighted by Gasteiger charge is -2.47. The van der Waals surface area contributed by atoms with Crippen molar-refractivity contribution in [3.05, 3.63) is 367 Å². The molecule has 125 heavy (non-hydrogen) atoms. The Labute approximate surface area is 712 Å². The van der Waals surface area contributed by atoms with E-state index in [-0.39, 0.29) is 107 Å². The average molecular weight is 1690 g/mol. The molecule has 0 fully saturated rings. The van der Waals surface area contributed by atoms with Crippen LogP contribution in [0.5, 0.6) is 34.5 Å². The largest absolute Gasteiger partial charge is 0.457 e. The first-order valence-electron chi connectivity index (χ1n) is 40.0. The molecule has 0 aliphatic carbocycles. The van der Waals surface area contributed by atoms with Crippen molar-refractivity contribution >= 4 is 218 Å². The minimum absolute atomic E-state index is 0.00245. The van der Waals surface area contributed by atoms with Crippen LogP contribution in [-0.2, 0) is 0 Å². The summed E-state index contributed by atoms with van der Waals surface area (Å²) in [6.07, 6.45) is 0. The fraction of sp³-hybridized carbons (Fsp3) is 0. The zero-order valence-electron chi connectivity index (χ0n) is 64.5. The third-order valence-electron chi connectivity index (χ3n) is 24.7. The molecule has 0 N–H and O–H groups in total. The first-order chi connectivity index (χ1) is 61.1. The van der Waals surface area contributed by atoms with Crippen LogP contribution < -0.4 is 86.5 Å². The van der Waals surface area contributed by atoms with Crippen molar-refractivity contribution in [2.24, 2.45) is 0 Å². The van der Waals surface area contributed by atoms with Crippen molar-refractivity contribution in [2.75, 3.05) is 24.5 Å². The van der Waals surface area contributed by atoms with Crippen LogP contribution in [0.4, 0.5) is 134 Å². The van der Waals surface area contributed by atoms with Crippen molar-refractivity contribution in [1.82, 2.24) is 4.57 Å². The van der Waals surface area contributed by atoms with E-state index in [1.165, 1.54) is 96.9 Å². The molecule has 0 unspecified atom stereocenters. The average Bonchev–Trinajstić information content (AvgIpc) is 1.60. The molecule has 0 saturated heterocycles. The number of halogens is 11. The summed E-state index contributed by atoms with van der Waals surface area (Å²) in [6, 6.07) is 77.9. The molecule has 19 aromatic rings. The van der Waals surface area contributed by atoms with Crippen molar-refractivity contribution in [2.45, 2.75) is 0 Å². The van der Waals surface area contributed by atoms with Gasteiger partial charge in [-0.15, -0.1) is 22.7 Å². The Balaban J connectivity index is 0.870. The van der Waals surface area contributed by atoms with Gasteiger partial charge in [0.05, 0.1) is 28.1 Å². The van der Waals surface area contributed by atoms with Gasteiger partial charge in [-0.1, -0.05) is 146 Å². The molecule has 25 heteroatoms. The number of rotatable bonds is 11. The molecule has 0 radical (unpaired) electrons. The summed E-state index contributed by atoms with van der Waals surface area (Å²) in [5.74, 6) is -9.88. The summed E-state index contributed by atoms with van der Waals surface area (Å²) < 4.78 is 224. The Bertz CT molecular complexity index is 7880. The summed E-state index contributed by atoms with van der Waals surface area (Å²) >= 11 is 2.68. The fourth-order valence-corrected chi connectivity index (χ4v) is 22.7. The molecule has 0 saturated carbocycles. The molecular formula is C100H50B3F11N6O3S2. The lowest BCUT2D eigenvalue weighted by molar-refractivity contribution is 0.482. The van der Waals surface area contributed by atoms with E-state index in [9.17, 15) is 0 Å². The molecule has 0 atom stereocenters. The first kappa shape index (κ1) is 72.8. The van der Waals surface area contributed by atoms with Gasteiger partial charge in [-0.05, 0) is 160 Å². The minimum atomic E-state index is -1.35. The van der Waals surface area contributed by atoms with E-state index in [4.69, 9.17) is 14.2 Å². The highest BCUT2D eigenvalue weighted by Crippen LogP contribution is 2.58. The molecule has 0 spiro atoms. The van der Waals surface area contributed by atoms with Gasteiger partial charge in [-0.25, -0.2) is 48.3 Å². The van der Waals surface area contributed by atoms with Gasteiger partial charge in [-0.3, -0.25) is 0 Å². The summed E-state index contributed by atoms with van der Waals surface area (Å²) in [4.78, 5) is 7.16. The first-order valence-corrected chi connectivity index (χ1v) is 41.7. The van der Waals surface area contributed by atoms with E-state index in [1.807, 2.05) is 60.7 Å². The van der Waals surface area contributed by atoms with Gasteiger partial charge in [-0.2, -0.15) is 0 Å². The Kier molecular flexibility index (Phi) is 15.8. The normalized spacial score (nSPS) is 13.4. The zero-order chi connectivity index (χ0) is 84.0. The number of fused-ring (bicyclic) bond motifs is 20. The van der Waals surface area contributed by atoms with Gasteiger partial charge in [0, 0.05) is 122 Å². The van der Waals surface area contributed by atoms with Crippen LogP contribution in [-0.4, -0.2) is 24.7 Å². The molecule has 0 bridgehead atoms. The van der Waals surface area contributed by atoms with E-state index in [1.54, 1.807) is 149 Å². The lowest BCUT2D eigenvalue weighted by atomic mass is 9.30. The van der Waals surface area contributed by atoms with Gasteiger partial charge in [0.2, 0.25) is 0 Å². The van der Waals surface area contributed by atoms with E-state index in [2.05, 4.69) is 0 Å². The second-order valence-corrected chi connectivity index (χ2v) is 33.6. The SMILES string of the molecule is Fc1cccc(F)c1N1c2cc3c(cc2B2c4sc5ccccc5c4N(c4c(F)cccc4F)c4cc(Oc5ccccc5)cc1c42)B1c2cc4c5c(c2N(c2c(F)cccc2F)c2cc(Oc6ccccc6)cc(c21)N3c1c(F)cccc1F)c1cccc(F)c1n5-c1cc(Oc2ccccc2)cc2c1B4c1sc3ccccc3c1N2c1c(F)cccc1F. The number of para-hydroxylation sites is 9. The molecule has 9 heterocycles. The summed E-state index contributed by atoms with van der Waals surface area (Å²) in [6.45, 7) is -3.46. The maximum absolute atomic E-state index is 18.8. The van der Waals surface area contributed by atoms with Crippen molar-refractivity contribution in [1.29, 1.82) is 0 Å². The monoisotopic (exact) mass is 1690 g/mol. The predicted molar refractivity (Wildman–Crippen MR) is 478 cm³/mol. The highest BCUT2D eigenvalue weighted by Gasteiger charge is 2.55. The molecular weight excluding hydrogens is 1640 g/mol. The molecule has 25 rings (SSSR count). The van der Waals surface area contributed by atoms with Gasteiger partial charge in [0.25, 0.3) is 20.1 Å². The van der Waals surface area contributed by atoms with Gasteiger partial charge >= 0.3 is 0 Å². The number of nitrogens with zero attached hydrogens (tertiary/aromatic N) is 6. The standard InChI is InChI=1S/C100H50B3F11N6O3S2/c104-64-29-14-28-59-85-92-62(49-63-93(85)117(89(59)64)80-45-56(123-53-24-8-3-9-25-53)47-82-88(80)103(63)100-91(58-27-11-13-41-84(58)125-100)119(82)97-71(111)36-18-37-72(97)112)101-60-48-61-76(50-75(60)115(94-65(105)30-15-31-66(94)106)77-42-54(121-51-20-4-1-5-21-51)44-79(86(77)101)120(92)98-73(113)38-19-39-74(98)114)116(95-67(107)32-16-33-68(95)108)78-43-55(122-52-22-6-2-7-23-52)46-81-87(78)102(61)99-90(57-26-10-12-40-83(57)124-99)118(81)96-69(109)34-17-35-70(96)110/h1-50H. The van der Waals surface area contributed by atoms with E-state index in [0.29, 0.717) is 80.2 Å². The molecule has 3 aromatic heterocycles. The molecule has 16 aromatic carbocycles. The quantitative estimate of drug-likeness (QED) is 0.0938. The van der Waals surface area contributed by atoms with Crippen molar-refractivity contribution in [3.8, 4) is 40.2 Å². The number of aromatic nitrogens is 1. The fourth-order valence-electron chi connectivity index (χ4n) is 20.1. The zero-order valence-corrected chi connectivity index (χ0v) is 66.1. The van der Waals surface area contributed by atoms with Crippen LogP contribution in [0, 0.1) is 64.0 Å². The summed E-state index contributed by atoms with van der Waals surface area (Å²) in [5, 5.41) is 1.60. The maximum Gasteiger partial charge on any atom is 0.264 e. The van der Waals surface area contributed by atoms with Crippen molar-refractivity contribution in [3.63, 3.8) is 0 Å². The van der Waals surface area contributed by atoms with Crippen molar-refractivity contribution < 1.29 is 62.5 Å². The third kappa shape index (κ3) is 10.4. The third-order valence-corrected chi connectivity index (χ3v) is 27.2. The van der Waals surface area contributed by atoms with E-state index >= 15 is 48.3 Å². The number of thiophene rings is 2. The van der Waals surface area contributed by atoms with Crippen LogP contribution in [0.2, 0.25) is 0 Å². The Morgan fingerprint density at radius 1 is 0.216 bits per heavy atom. The Morgan fingerprint density at radius 3 is 0.936 bits per heavy atom. The second kappa shape index (κ2) is 27.0. The van der Waals surface area contributed by atoms with Crippen LogP contribution in [0.15, 0.2) is 303 Å². The maximum atomic E-state index is 18.8. The second-order valence-electron chi connectivity index (χ2n) is 31.4. The van der Waals surface area contributed by atoms with Crippen LogP contribution >= 0.6 is 22.7 Å². The van der Waals surface area contributed by atoms with Crippen LogP contribution in [0.25, 0.3) is 47.7 Å². The lowest BCUT2D eigenvalue weighted by Crippen LogP contribution is -2.66. The van der Waals surface area contributed by atoms with Crippen LogP contribution in [0.1, 0.15) is 0 Å². The molecule has 596 valence electrons. The highest BCUT2D eigenvalue weighted by molar-refractivity contribution is 7.34. The summed E-state index contributed by atoms with van der Waals surface area (Å²) in [7, 11) is 0. The van der Waals surface area contributed by atoms with E-state index < -0.39 is 113 Å². The molecule has 6 aliphatic heterocycles. The van der Waals surface area contributed by atoms with Gasteiger partial charge in [0.1, 0.15) is 127 Å².